The molecule has 7 nitrogen and oxygen atoms in total. The van der Waals surface area contributed by atoms with Gasteiger partial charge in [0, 0.05) is 18.3 Å². The lowest BCUT2D eigenvalue weighted by Gasteiger charge is -2.11. The number of carbonyl (C=O) groups excluding carboxylic acids is 2. The highest BCUT2D eigenvalue weighted by atomic mass is 16.5. The molecule has 0 radical (unpaired) electrons. The number of ether oxygens (including phenoxy) is 1. The van der Waals surface area contributed by atoms with E-state index in [1.165, 1.54) is 0 Å². The lowest BCUT2D eigenvalue weighted by molar-refractivity contribution is -0.129. The third-order valence-corrected chi connectivity index (χ3v) is 4.04. The highest BCUT2D eigenvalue weighted by Crippen LogP contribution is 2.18. The maximum absolute atomic E-state index is 12.0. The van der Waals surface area contributed by atoms with Gasteiger partial charge in [-0.1, -0.05) is 12.1 Å². The topological polar surface area (TPSA) is 85.2 Å². The molecule has 0 saturated heterocycles. The molecule has 0 aliphatic heterocycles. The molecule has 2 rings (SSSR count). The van der Waals surface area contributed by atoms with Gasteiger partial charge in [-0.2, -0.15) is 5.10 Å². The number of aryl methyl sites for hydroxylation is 4. The van der Waals surface area contributed by atoms with Crippen molar-refractivity contribution in [3.05, 3.63) is 46.3 Å². The van der Waals surface area contributed by atoms with E-state index in [4.69, 9.17) is 4.74 Å². The second-order valence-electron chi connectivity index (χ2n) is 6.10. The van der Waals surface area contributed by atoms with Crippen LogP contribution in [-0.2, 0) is 23.1 Å². The summed E-state index contributed by atoms with van der Waals surface area (Å²) in [5.41, 5.74) is 9.36. The van der Waals surface area contributed by atoms with Crippen molar-refractivity contribution in [1.82, 2.24) is 20.6 Å². The molecule has 0 fully saturated rings. The SMILES string of the molecule is Cc1ccc(C)c(OCC(=O)NNC(=O)Cc2c(C)nn(C)c2C)c1. The van der Waals surface area contributed by atoms with Crippen LogP contribution in [0.25, 0.3) is 0 Å². The quantitative estimate of drug-likeness (QED) is 0.804. The first-order valence-electron chi connectivity index (χ1n) is 8.04. The van der Waals surface area contributed by atoms with Crippen LogP contribution in [0.15, 0.2) is 18.2 Å². The Balaban J connectivity index is 1.81. The van der Waals surface area contributed by atoms with E-state index in [1.54, 1.807) is 4.68 Å². The minimum Gasteiger partial charge on any atom is -0.483 e. The van der Waals surface area contributed by atoms with Gasteiger partial charge in [0.1, 0.15) is 5.75 Å². The lowest BCUT2D eigenvalue weighted by atomic mass is 10.1. The first-order valence-corrected chi connectivity index (χ1v) is 8.04. The summed E-state index contributed by atoms with van der Waals surface area (Å²) in [4.78, 5) is 23.8. The molecule has 25 heavy (non-hydrogen) atoms. The van der Waals surface area contributed by atoms with Gasteiger partial charge in [-0.25, -0.2) is 0 Å². The van der Waals surface area contributed by atoms with Crippen molar-refractivity contribution in [2.24, 2.45) is 7.05 Å². The number of benzene rings is 1. The average Bonchev–Trinajstić information content (AvgIpc) is 2.80. The summed E-state index contributed by atoms with van der Waals surface area (Å²) in [6.07, 6.45) is 0.156. The Morgan fingerprint density at radius 2 is 1.80 bits per heavy atom. The van der Waals surface area contributed by atoms with Gasteiger partial charge in [-0.15, -0.1) is 0 Å². The molecule has 0 spiro atoms. The van der Waals surface area contributed by atoms with Gasteiger partial charge in [-0.3, -0.25) is 25.1 Å². The number of carbonyl (C=O) groups is 2. The van der Waals surface area contributed by atoms with E-state index in [0.717, 1.165) is 28.1 Å². The molecule has 7 heteroatoms. The fourth-order valence-electron chi connectivity index (χ4n) is 2.46. The highest BCUT2D eigenvalue weighted by Gasteiger charge is 2.14. The van der Waals surface area contributed by atoms with E-state index in [9.17, 15) is 9.59 Å². The Morgan fingerprint density at radius 3 is 2.44 bits per heavy atom. The van der Waals surface area contributed by atoms with E-state index in [2.05, 4.69) is 16.0 Å². The number of amides is 2. The fourth-order valence-corrected chi connectivity index (χ4v) is 2.46. The van der Waals surface area contributed by atoms with Crippen molar-refractivity contribution in [3.8, 4) is 5.75 Å². The molecule has 0 aliphatic rings. The van der Waals surface area contributed by atoms with Crippen molar-refractivity contribution < 1.29 is 14.3 Å². The highest BCUT2D eigenvalue weighted by molar-refractivity contribution is 5.84. The molecule has 1 heterocycles. The minimum atomic E-state index is -0.422. The Hall–Kier alpha value is -2.83. The maximum atomic E-state index is 12.0. The normalized spacial score (nSPS) is 10.4. The summed E-state index contributed by atoms with van der Waals surface area (Å²) in [6.45, 7) is 7.45. The molecule has 0 unspecified atom stereocenters. The molecule has 2 aromatic rings. The molecule has 1 aromatic carbocycles. The number of rotatable bonds is 5. The molecule has 0 atom stereocenters. The Kier molecular flexibility index (Phi) is 5.80. The van der Waals surface area contributed by atoms with Gasteiger partial charge < -0.3 is 4.74 Å². The Bertz CT molecular complexity index is 796. The molecular formula is C18H24N4O3. The van der Waals surface area contributed by atoms with E-state index in [1.807, 2.05) is 52.9 Å². The number of hydrogen-bond acceptors (Lipinski definition) is 4. The summed E-state index contributed by atoms with van der Waals surface area (Å²) < 4.78 is 7.23. The van der Waals surface area contributed by atoms with Gasteiger partial charge in [0.2, 0.25) is 5.91 Å². The van der Waals surface area contributed by atoms with Crippen molar-refractivity contribution in [1.29, 1.82) is 0 Å². The van der Waals surface area contributed by atoms with Crippen LogP contribution in [0.5, 0.6) is 5.75 Å². The van der Waals surface area contributed by atoms with Crippen molar-refractivity contribution >= 4 is 11.8 Å². The number of hydrogen-bond donors (Lipinski definition) is 2. The van der Waals surface area contributed by atoms with Gasteiger partial charge in [-0.05, 0) is 44.9 Å². The second-order valence-corrected chi connectivity index (χ2v) is 6.10. The van der Waals surface area contributed by atoms with Crippen LogP contribution >= 0.6 is 0 Å². The molecule has 0 saturated carbocycles. The smallest absolute Gasteiger partial charge is 0.276 e. The Morgan fingerprint density at radius 1 is 1.12 bits per heavy atom. The van der Waals surface area contributed by atoms with Crippen molar-refractivity contribution in [3.63, 3.8) is 0 Å². The Labute approximate surface area is 147 Å². The van der Waals surface area contributed by atoms with Crippen LogP contribution in [0.1, 0.15) is 28.1 Å². The standard InChI is InChI=1S/C18H24N4O3/c1-11-6-7-12(2)16(8-11)25-10-18(24)20-19-17(23)9-15-13(3)21-22(5)14(15)4/h6-8H,9-10H2,1-5H3,(H,19,23)(H,20,24). The van der Waals surface area contributed by atoms with E-state index >= 15 is 0 Å². The first kappa shape index (κ1) is 18.5. The lowest BCUT2D eigenvalue weighted by Crippen LogP contribution is -2.44. The van der Waals surface area contributed by atoms with E-state index in [0.29, 0.717) is 5.75 Å². The summed E-state index contributed by atoms with van der Waals surface area (Å²) in [5, 5.41) is 4.27. The van der Waals surface area contributed by atoms with Crippen LogP contribution in [0.2, 0.25) is 0 Å². The second kappa shape index (κ2) is 7.83. The molecule has 2 amide bonds. The molecule has 1 aromatic heterocycles. The average molecular weight is 344 g/mol. The van der Waals surface area contributed by atoms with Crippen LogP contribution in [-0.4, -0.2) is 28.2 Å². The summed E-state index contributed by atoms with van der Waals surface area (Å²) in [5.74, 6) is -0.0729. The van der Waals surface area contributed by atoms with Crippen LogP contribution < -0.4 is 15.6 Å². The van der Waals surface area contributed by atoms with Crippen LogP contribution in [0.4, 0.5) is 0 Å². The number of hydrazine groups is 1. The predicted molar refractivity (Wildman–Crippen MR) is 94.1 cm³/mol. The zero-order valence-corrected chi connectivity index (χ0v) is 15.3. The van der Waals surface area contributed by atoms with Gasteiger partial charge in [0.05, 0.1) is 12.1 Å². The third kappa shape index (κ3) is 4.82. The molecule has 0 bridgehead atoms. The zero-order chi connectivity index (χ0) is 18.6. The van der Waals surface area contributed by atoms with Gasteiger partial charge in [0.15, 0.2) is 6.61 Å². The number of nitrogens with zero attached hydrogens (tertiary/aromatic N) is 2. The van der Waals surface area contributed by atoms with E-state index < -0.39 is 5.91 Å². The third-order valence-electron chi connectivity index (χ3n) is 4.04. The predicted octanol–water partition coefficient (Wildman–Crippen LogP) is 1.42. The van der Waals surface area contributed by atoms with Gasteiger partial charge >= 0.3 is 0 Å². The summed E-state index contributed by atoms with van der Waals surface area (Å²) in [6, 6.07) is 5.78. The van der Waals surface area contributed by atoms with Crippen molar-refractivity contribution in [2.75, 3.05) is 6.61 Å². The van der Waals surface area contributed by atoms with Gasteiger partial charge in [0.25, 0.3) is 5.91 Å². The molecule has 134 valence electrons. The van der Waals surface area contributed by atoms with E-state index in [-0.39, 0.29) is 18.9 Å². The fraction of sp³-hybridized carbons (Fsp3) is 0.389. The number of nitrogens with one attached hydrogen (secondary N) is 2. The molecule has 2 N–H and O–H groups in total. The molecule has 0 aliphatic carbocycles. The van der Waals surface area contributed by atoms with Crippen LogP contribution in [0.3, 0.4) is 0 Å². The van der Waals surface area contributed by atoms with Crippen molar-refractivity contribution in [2.45, 2.75) is 34.1 Å². The van der Waals surface area contributed by atoms with Crippen LogP contribution in [0, 0.1) is 27.7 Å². The summed E-state index contributed by atoms with van der Waals surface area (Å²) in [7, 11) is 1.83. The first-order chi connectivity index (χ1) is 11.8. The molecular weight excluding hydrogens is 320 g/mol. The minimum absolute atomic E-state index is 0.156. The number of aromatic nitrogens is 2. The zero-order valence-electron chi connectivity index (χ0n) is 15.3. The maximum Gasteiger partial charge on any atom is 0.276 e. The summed E-state index contributed by atoms with van der Waals surface area (Å²) >= 11 is 0. The monoisotopic (exact) mass is 344 g/mol. The largest absolute Gasteiger partial charge is 0.483 e.